The normalized spacial score (nSPS) is 10.8. The van der Waals surface area contributed by atoms with Crippen molar-refractivity contribution in [2.75, 3.05) is 5.32 Å². The van der Waals surface area contributed by atoms with Gasteiger partial charge in [0.2, 0.25) is 0 Å². The molecule has 1 aromatic heterocycles. The summed E-state index contributed by atoms with van der Waals surface area (Å²) in [4.78, 5) is 24.8. The summed E-state index contributed by atoms with van der Waals surface area (Å²) in [7, 11) is 0. The van der Waals surface area contributed by atoms with Crippen LogP contribution in [0.5, 0.6) is 0 Å². The number of hydrogen-bond acceptors (Lipinski definition) is 4. The predicted molar refractivity (Wildman–Crippen MR) is 92.3 cm³/mol. The number of hydrogen-bond donors (Lipinski definition) is 1. The van der Waals surface area contributed by atoms with Gasteiger partial charge in [0.05, 0.1) is 11.8 Å². The molecule has 1 heterocycles. The molecule has 0 radical (unpaired) electrons. The lowest BCUT2D eigenvalue weighted by Gasteiger charge is -2.09. The van der Waals surface area contributed by atoms with Crippen LogP contribution in [-0.4, -0.2) is 27.8 Å². The average Bonchev–Trinajstić information content (AvgIpc) is 2.92. The Kier molecular flexibility index (Phi) is 5.39. The van der Waals surface area contributed by atoms with Gasteiger partial charge in [0.15, 0.2) is 5.69 Å². The van der Waals surface area contributed by atoms with E-state index in [1.54, 1.807) is 24.7 Å². The van der Waals surface area contributed by atoms with Crippen LogP contribution in [0.15, 0.2) is 24.4 Å². The molecule has 0 bridgehead atoms. The largest absolute Gasteiger partial charge is 0.458 e. The first-order valence-electron chi connectivity index (χ1n) is 7.98. The summed E-state index contributed by atoms with van der Waals surface area (Å²) in [6, 6.07) is 5.67. The summed E-state index contributed by atoms with van der Waals surface area (Å²) in [5.41, 5.74) is 2.90. The molecule has 1 N–H and O–H groups in total. The second-order valence-corrected chi connectivity index (χ2v) is 5.97. The molecule has 0 aliphatic carbocycles. The summed E-state index contributed by atoms with van der Waals surface area (Å²) in [6.45, 7) is 9.82. The SMILES string of the molecule is CCn1cc(NC(=O)c2cc(C)ccc2C)c(C(=O)OC(C)C)n1. The summed E-state index contributed by atoms with van der Waals surface area (Å²) >= 11 is 0. The second-order valence-electron chi connectivity index (χ2n) is 5.97. The van der Waals surface area contributed by atoms with Crippen LogP contribution in [0.4, 0.5) is 5.69 Å². The zero-order valence-corrected chi connectivity index (χ0v) is 14.7. The summed E-state index contributed by atoms with van der Waals surface area (Å²) < 4.78 is 6.79. The van der Waals surface area contributed by atoms with E-state index in [9.17, 15) is 9.59 Å². The minimum atomic E-state index is -0.548. The smallest absolute Gasteiger partial charge is 0.361 e. The van der Waals surface area contributed by atoms with E-state index >= 15 is 0 Å². The Labute approximate surface area is 141 Å². The third-order valence-corrected chi connectivity index (χ3v) is 3.51. The van der Waals surface area contributed by atoms with Gasteiger partial charge in [-0.25, -0.2) is 4.79 Å². The molecule has 0 saturated carbocycles. The van der Waals surface area contributed by atoms with Gasteiger partial charge >= 0.3 is 5.97 Å². The first-order chi connectivity index (χ1) is 11.3. The first kappa shape index (κ1) is 17.7. The molecule has 0 unspecified atom stereocenters. The van der Waals surface area contributed by atoms with E-state index in [1.165, 1.54) is 0 Å². The van der Waals surface area contributed by atoms with Crippen LogP contribution in [0.3, 0.4) is 0 Å². The molecule has 6 nitrogen and oxygen atoms in total. The van der Waals surface area contributed by atoms with Gasteiger partial charge in [0.25, 0.3) is 5.91 Å². The zero-order valence-electron chi connectivity index (χ0n) is 14.7. The Bertz CT molecular complexity index is 763. The van der Waals surface area contributed by atoms with Crippen molar-refractivity contribution in [3.8, 4) is 0 Å². The predicted octanol–water partition coefficient (Wildman–Crippen LogP) is 3.34. The Balaban J connectivity index is 2.31. The second kappa shape index (κ2) is 7.29. The lowest BCUT2D eigenvalue weighted by Crippen LogP contribution is -2.18. The van der Waals surface area contributed by atoms with Crippen molar-refractivity contribution in [2.45, 2.75) is 47.3 Å². The number of rotatable bonds is 5. The van der Waals surface area contributed by atoms with Gasteiger partial charge in [0, 0.05) is 18.3 Å². The van der Waals surface area contributed by atoms with Crippen molar-refractivity contribution in [3.63, 3.8) is 0 Å². The molecule has 0 aliphatic rings. The molecule has 0 saturated heterocycles. The molecule has 128 valence electrons. The molecule has 6 heteroatoms. The highest BCUT2D eigenvalue weighted by Crippen LogP contribution is 2.19. The van der Waals surface area contributed by atoms with Crippen LogP contribution in [0, 0.1) is 13.8 Å². The van der Waals surface area contributed by atoms with Crippen molar-refractivity contribution in [1.82, 2.24) is 9.78 Å². The number of amides is 1. The van der Waals surface area contributed by atoms with E-state index < -0.39 is 5.97 Å². The maximum atomic E-state index is 12.6. The molecule has 1 amide bonds. The number of nitrogens with zero attached hydrogens (tertiary/aromatic N) is 2. The summed E-state index contributed by atoms with van der Waals surface area (Å²) in [5.74, 6) is -0.820. The summed E-state index contributed by atoms with van der Waals surface area (Å²) in [5, 5.41) is 6.98. The number of aryl methyl sites for hydroxylation is 3. The quantitative estimate of drug-likeness (QED) is 0.854. The van der Waals surface area contributed by atoms with E-state index in [0.717, 1.165) is 11.1 Å². The maximum Gasteiger partial charge on any atom is 0.361 e. The number of anilines is 1. The van der Waals surface area contributed by atoms with Crippen molar-refractivity contribution in [2.24, 2.45) is 0 Å². The molecule has 2 aromatic rings. The van der Waals surface area contributed by atoms with E-state index in [0.29, 0.717) is 17.8 Å². The van der Waals surface area contributed by atoms with E-state index in [-0.39, 0.29) is 17.7 Å². The van der Waals surface area contributed by atoms with Crippen molar-refractivity contribution >= 4 is 17.6 Å². The van der Waals surface area contributed by atoms with Gasteiger partial charge < -0.3 is 10.1 Å². The molecule has 24 heavy (non-hydrogen) atoms. The number of carbonyl (C=O) groups excluding carboxylic acids is 2. The molecule has 0 aliphatic heterocycles. The van der Waals surface area contributed by atoms with Crippen LogP contribution < -0.4 is 5.32 Å². The Hall–Kier alpha value is -2.63. The molecule has 0 atom stereocenters. The number of carbonyl (C=O) groups is 2. The minimum absolute atomic E-state index is 0.115. The Morgan fingerprint density at radius 2 is 2.00 bits per heavy atom. The van der Waals surface area contributed by atoms with Crippen LogP contribution in [0.2, 0.25) is 0 Å². The zero-order chi connectivity index (χ0) is 17.9. The van der Waals surface area contributed by atoms with Crippen LogP contribution in [0.1, 0.15) is 52.7 Å². The van der Waals surface area contributed by atoms with Gasteiger partial charge in [-0.1, -0.05) is 17.7 Å². The van der Waals surface area contributed by atoms with Crippen LogP contribution >= 0.6 is 0 Å². The maximum absolute atomic E-state index is 12.6. The molecular formula is C18H23N3O3. The van der Waals surface area contributed by atoms with Gasteiger partial charge in [-0.2, -0.15) is 5.10 Å². The highest BCUT2D eigenvalue weighted by Gasteiger charge is 2.21. The molecule has 1 aromatic carbocycles. The Morgan fingerprint density at radius 3 is 2.62 bits per heavy atom. The standard InChI is InChI=1S/C18H23N3O3/c1-6-21-10-15(16(20-21)18(23)24-11(2)3)19-17(22)14-9-12(4)7-8-13(14)5/h7-11H,6H2,1-5H3,(H,19,22). The molecule has 0 fully saturated rings. The number of benzene rings is 1. The summed E-state index contributed by atoms with van der Waals surface area (Å²) in [6.07, 6.45) is 1.38. The fourth-order valence-electron chi connectivity index (χ4n) is 2.27. The van der Waals surface area contributed by atoms with Gasteiger partial charge in [-0.3, -0.25) is 9.48 Å². The first-order valence-corrected chi connectivity index (χ1v) is 7.98. The third kappa shape index (κ3) is 4.01. The van der Waals surface area contributed by atoms with E-state index in [4.69, 9.17) is 4.74 Å². The van der Waals surface area contributed by atoms with Crippen LogP contribution in [-0.2, 0) is 11.3 Å². The van der Waals surface area contributed by atoms with Crippen molar-refractivity contribution in [3.05, 3.63) is 46.8 Å². The monoisotopic (exact) mass is 329 g/mol. The van der Waals surface area contributed by atoms with Crippen molar-refractivity contribution in [1.29, 1.82) is 0 Å². The number of esters is 1. The topological polar surface area (TPSA) is 73.2 Å². The van der Waals surface area contributed by atoms with Gasteiger partial charge in [-0.05, 0) is 46.2 Å². The number of nitrogens with one attached hydrogen (secondary N) is 1. The van der Waals surface area contributed by atoms with E-state index in [1.807, 2.05) is 39.0 Å². The Morgan fingerprint density at radius 1 is 1.29 bits per heavy atom. The highest BCUT2D eigenvalue weighted by atomic mass is 16.5. The molecule has 0 spiro atoms. The van der Waals surface area contributed by atoms with E-state index in [2.05, 4.69) is 10.4 Å². The lowest BCUT2D eigenvalue weighted by atomic mass is 10.1. The van der Waals surface area contributed by atoms with Crippen molar-refractivity contribution < 1.29 is 14.3 Å². The van der Waals surface area contributed by atoms with Gasteiger partial charge in [-0.15, -0.1) is 0 Å². The lowest BCUT2D eigenvalue weighted by molar-refractivity contribution is 0.0371. The number of aromatic nitrogens is 2. The van der Waals surface area contributed by atoms with Gasteiger partial charge in [0.1, 0.15) is 0 Å². The van der Waals surface area contributed by atoms with Crippen LogP contribution in [0.25, 0.3) is 0 Å². The third-order valence-electron chi connectivity index (χ3n) is 3.51. The minimum Gasteiger partial charge on any atom is -0.458 e. The average molecular weight is 329 g/mol. The molecular weight excluding hydrogens is 306 g/mol. The fourth-order valence-corrected chi connectivity index (χ4v) is 2.27. The number of ether oxygens (including phenoxy) is 1. The fraction of sp³-hybridized carbons (Fsp3) is 0.389. The highest BCUT2D eigenvalue weighted by molar-refractivity contribution is 6.08. The molecule has 2 rings (SSSR count).